The number of aromatic nitrogens is 2. The molecule has 2 aromatic heterocycles. The molecule has 4 heteroatoms. The van der Waals surface area contributed by atoms with E-state index in [-0.39, 0.29) is 11.9 Å². The van der Waals surface area contributed by atoms with Gasteiger partial charge in [0.05, 0.1) is 6.20 Å². The zero-order chi connectivity index (χ0) is 12.1. The average molecular weight is 231 g/mol. The summed E-state index contributed by atoms with van der Waals surface area (Å²) in [4.78, 5) is 7.93. The molecule has 2 rings (SSSR count). The molecule has 0 spiro atoms. The molecule has 3 nitrogen and oxygen atoms in total. The second kappa shape index (κ2) is 5.50. The molecule has 0 saturated heterocycles. The second-order valence-electron chi connectivity index (χ2n) is 3.84. The highest BCUT2D eigenvalue weighted by molar-refractivity contribution is 5.19. The van der Waals surface area contributed by atoms with Gasteiger partial charge in [0, 0.05) is 24.6 Å². The molecule has 0 fully saturated rings. The van der Waals surface area contributed by atoms with Gasteiger partial charge in [-0.2, -0.15) is 0 Å². The van der Waals surface area contributed by atoms with E-state index in [1.54, 1.807) is 12.4 Å². The summed E-state index contributed by atoms with van der Waals surface area (Å²) < 4.78 is 13.1. The van der Waals surface area contributed by atoms with Crippen LogP contribution < -0.4 is 5.32 Å². The summed E-state index contributed by atoms with van der Waals surface area (Å²) in [6, 6.07) is 5.45. The van der Waals surface area contributed by atoms with Crippen LogP contribution in [0.5, 0.6) is 0 Å². The molecule has 0 aliphatic carbocycles. The molecule has 0 bridgehead atoms. The number of nitrogens with zero attached hydrogens (tertiary/aromatic N) is 2. The van der Waals surface area contributed by atoms with Crippen molar-refractivity contribution >= 4 is 0 Å². The highest BCUT2D eigenvalue weighted by Crippen LogP contribution is 2.17. The molecule has 1 unspecified atom stereocenters. The molecule has 17 heavy (non-hydrogen) atoms. The van der Waals surface area contributed by atoms with Crippen LogP contribution in [0.15, 0.2) is 43.0 Å². The van der Waals surface area contributed by atoms with Gasteiger partial charge in [-0.15, -0.1) is 0 Å². The molecular weight excluding hydrogens is 217 g/mol. The lowest BCUT2D eigenvalue weighted by atomic mass is 10.0. The van der Waals surface area contributed by atoms with Crippen molar-refractivity contribution < 1.29 is 4.39 Å². The predicted octanol–water partition coefficient (Wildman–Crippen LogP) is 2.12. The van der Waals surface area contributed by atoms with Gasteiger partial charge >= 0.3 is 0 Å². The molecule has 0 amide bonds. The summed E-state index contributed by atoms with van der Waals surface area (Å²) in [7, 11) is 1.85. The number of halogens is 1. The summed E-state index contributed by atoms with van der Waals surface area (Å²) in [6.45, 7) is 0. The van der Waals surface area contributed by atoms with Crippen LogP contribution in [0.25, 0.3) is 0 Å². The molecule has 0 aliphatic heterocycles. The summed E-state index contributed by atoms with van der Waals surface area (Å²) in [5.74, 6) is -0.311. The van der Waals surface area contributed by atoms with Crippen molar-refractivity contribution in [3.8, 4) is 0 Å². The van der Waals surface area contributed by atoms with Gasteiger partial charge in [-0.1, -0.05) is 6.07 Å². The largest absolute Gasteiger partial charge is 0.313 e. The van der Waals surface area contributed by atoms with Crippen molar-refractivity contribution in [1.29, 1.82) is 0 Å². The molecule has 0 aromatic carbocycles. The molecule has 0 radical (unpaired) electrons. The standard InChI is InChI=1S/C13H14FN3/c1-15-13(5-10-3-2-4-16-7-10)11-6-12(14)9-17-8-11/h2-4,6-9,13,15H,5H2,1H3. The Kier molecular flexibility index (Phi) is 3.77. The van der Waals surface area contributed by atoms with Gasteiger partial charge in [0.1, 0.15) is 5.82 Å². The Morgan fingerprint density at radius 1 is 1.29 bits per heavy atom. The third-order valence-electron chi connectivity index (χ3n) is 2.64. The minimum absolute atomic E-state index is 0.0439. The van der Waals surface area contributed by atoms with Crippen molar-refractivity contribution in [2.75, 3.05) is 7.05 Å². The van der Waals surface area contributed by atoms with Crippen molar-refractivity contribution in [3.63, 3.8) is 0 Å². The van der Waals surface area contributed by atoms with Gasteiger partial charge in [0.25, 0.3) is 0 Å². The Bertz CT molecular complexity index is 473. The smallest absolute Gasteiger partial charge is 0.141 e. The van der Waals surface area contributed by atoms with E-state index in [4.69, 9.17) is 0 Å². The highest BCUT2D eigenvalue weighted by Gasteiger charge is 2.11. The van der Waals surface area contributed by atoms with E-state index in [9.17, 15) is 4.39 Å². The monoisotopic (exact) mass is 231 g/mol. The van der Waals surface area contributed by atoms with Gasteiger partial charge in [-0.05, 0) is 36.7 Å². The Morgan fingerprint density at radius 2 is 2.18 bits per heavy atom. The van der Waals surface area contributed by atoms with Crippen LogP contribution in [-0.2, 0) is 6.42 Å². The maximum absolute atomic E-state index is 13.1. The van der Waals surface area contributed by atoms with Crippen molar-refractivity contribution in [3.05, 3.63) is 59.9 Å². The fourth-order valence-corrected chi connectivity index (χ4v) is 1.76. The van der Waals surface area contributed by atoms with Crippen LogP contribution in [0, 0.1) is 5.82 Å². The van der Waals surface area contributed by atoms with Crippen LogP contribution in [0.2, 0.25) is 0 Å². The Morgan fingerprint density at radius 3 is 2.82 bits per heavy atom. The van der Waals surface area contributed by atoms with E-state index in [1.165, 1.54) is 12.3 Å². The number of likely N-dealkylation sites (N-methyl/N-ethyl adjacent to an activating group) is 1. The summed E-state index contributed by atoms with van der Waals surface area (Å²) in [6.07, 6.45) is 7.20. The van der Waals surface area contributed by atoms with Crippen LogP contribution in [0.4, 0.5) is 4.39 Å². The minimum Gasteiger partial charge on any atom is -0.313 e. The van der Waals surface area contributed by atoms with Crippen molar-refractivity contribution in [1.82, 2.24) is 15.3 Å². The van der Waals surface area contributed by atoms with Crippen molar-refractivity contribution in [2.45, 2.75) is 12.5 Å². The maximum atomic E-state index is 13.1. The van der Waals surface area contributed by atoms with Gasteiger partial charge in [-0.3, -0.25) is 9.97 Å². The zero-order valence-electron chi connectivity index (χ0n) is 9.60. The topological polar surface area (TPSA) is 37.8 Å². The molecule has 2 aromatic rings. The molecule has 1 atom stereocenters. The first kappa shape index (κ1) is 11.7. The predicted molar refractivity (Wildman–Crippen MR) is 63.9 cm³/mol. The van der Waals surface area contributed by atoms with Crippen LogP contribution in [-0.4, -0.2) is 17.0 Å². The normalized spacial score (nSPS) is 12.4. The lowest BCUT2D eigenvalue weighted by molar-refractivity contribution is 0.571. The number of nitrogens with one attached hydrogen (secondary N) is 1. The number of rotatable bonds is 4. The fourth-order valence-electron chi connectivity index (χ4n) is 1.76. The first-order chi connectivity index (χ1) is 8.29. The van der Waals surface area contributed by atoms with E-state index < -0.39 is 0 Å². The summed E-state index contributed by atoms with van der Waals surface area (Å²) in [5.41, 5.74) is 1.95. The SMILES string of the molecule is CNC(Cc1cccnc1)c1cncc(F)c1. The quantitative estimate of drug-likeness (QED) is 0.875. The van der Waals surface area contributed by atoms with E-state index in [2.05, 4.69) is 15.3 Å². The molecule has 2 heterocycles. The minimum atomic E-state index is -0.311. The average Bonchev–Trinajstić information content (AvgIpc) is 2.37. The molecular formula is C13H14FN3. The molecule has 0 aliphatic rings. The van der Waals surface area contributed by atoms with Crippen molar-refractivity contribution in [2.24, 2.45) is 0 Å². The Balaban J connectivity index is 2.17. The maximum Gasteiger partial charge on any atom is 0.141 e. The first-order valence-corrected chi connectivity index (χ1v) is 5.46. The van der Waals surface area contributed by atoms with Gasteiger partial charge in [0.2, 0.25) is 0 Å². The molecule has 0 saturated carbocycles. The number of hydrogen-bond acceptors (Lipinski definition) is 3. The summed E-state index contributed by atoms with van der Waals surface area (Å²) >= 11 is 0. The first-order valence-electron chi connectivity index (χ1n) is 5.46. The van der Waals surface area contributed by atoms with Crippen LogP contribution in [0.1, 0.15) is 17.2 Å². The third-order valence-corrected chi connectivity index (χ3v) is 2.64. The van der Waals surface area contributed by atoms with Gasteiger partial charge in [-0.25, -0.2) is 4.39 Å². The lowest BCUT2D eigenvalue weighted by Gasteiger charge is -2.16. The number of pyridine rings is 2. The second-order valence-corrected chi connectivity index (χ2v) is 3.84. The van der Waals surface area contributed by atoms with E-state index >= 15 is 0 Å². The van der Waals surface area contributed by atoms with E-state index in [0.717, 1.165) is 17.5 Å². The fraction of sp³-hybridized carbons (Fsp3) is 0.231. The van der Waals surface area contributed by atoms with E-state index in [0.29, 0.717) is 0 Å². The van der Waals surface area contributed by atoms with Gasteiger partial charge in [0.15, 0.2) is 0 Å². The van der Waals surface area contributed by atoms with Crippen LogP contribution >= 0.6 is 0 Å². The highest BCUT2D eigenvalue weighted by atomic mass is 19.1. The van der Waals surface area contributed by atoms with Gasteiger partial charge < -0.3 is 5.32 Å². The zero-order valence-corrected chi connectivity index (χ0v) is 9.60. The molecule has 88 valence electrons. The summed E-state index contributed by atoms with van der Waals surface area (Å²) in [5, 5.41) is 3.16. The number of hydrogen-bond donors (Lipinski definition) is 1. The Labute approximate surface area is 99.7 Å². The molecule has 1 N–H and O–H groups in total. The lowest BCUT2D eigenvalue weighted by Crippen LogP contribution is -2.19. The third kappa shape index (κ3) is 3.07. The Hall–Kier alpha value is -1.81. The van der Waals surface area contributed by atoms with Crippen LogP contribution in [0.3, 0.4) is 0 Å². The van der Waals surface area contributed by atoms with E-state index in [1.807, 2.05) is 25.4 Å².